The Hall–Kier alpha value is -2.88. The molecular weight excluding hydrogens is 250 g/mol. The number of ether oxygens (including phenoxy) is 2. The van der Waals surface area contributed by atoms with Gasteiger partial charge in [-0.3, -0.25) is 10.1 Å². The molecule has 0 N–H and O–H groups in total. The van der Waals surface area contributed by atoms with E-state index in [1.807, 2.05) is 6.07 Å². The van der Waals surface area contributed by atoms with Crippen molar-refractivity contribution in [3.8, 4) is 17.6 Å². The molecule has 2 aromatic rings. The summed E-state index contributed by atoms with van der Waals surface area (Å²) in [4.78, 5) is 14.5. The predicted octanol–water partition coefficient (Wildman–Crippen LogP) is 2.03. The van der Waals surface area contributed by atoms with Crippen LogP contribution in [0, 0.1) is 21.4 Å². The van der Waals surface area contributed by atoms with Crippen molar-refractivity contribution in [1.29, 1.82) is 5.26 Å². The Balaban J connectivity index is 3.00. The minimum absolute atomic E-state index is 0.0232. The van der Waals surface area contributed by atoms with Crippen molar-refractivity contribution >= 4 is 16.5 Å². The van der Waals surface area contributed by atoms with Gasteiger partial charge in [0.25, 0.3) is 0 Å². The van der Waals surface area contributed by atoms with Gasteiger partial charge >= 0.3 is 5.69 Å². The largest absolute Gasteiger partial charge is 0.493 e. The number of aromatic nitrogens is 1. The molecule has 0 saturated heterocycles. The quantitative estimate of drug-likeness (QED) is 0.617. The lowest BCUT2D eigenvalue weighted by Gasteiger charge is -2.10. The van der Waals surface area contributed by atoms with Crippen LogP contribution in [0.1, 0.15) is 5.69 Å². The molecule has 0 amide bonds. The summed E-state index contributed by atoms with van der Waals surface area (Å²) in [5.74, 6) is 0.210. The molecule has 1 heterocycles. The maximum atomic E-state index is 11.2. The summed E-state index contributed by atoms with van der Waals surface area (Å²) in [6.07, 6.45) is 1.35. The van der Waals surface area contributed by atoms with Crippen molar-refractivity contribution < 1.29 is 14.4 Å². The molecule has 0 spiro atoms. The molecule has 7 nitrogen and oxygen atoms in total. The van der Waals surface area contributed by atoms with Crippen molar-refractivity contribution in [2.45, 2.75) is 0 Å². The van der Waals surface area contributed by atoms with Crippen molar-refractivity contribution in [2.24, 2.45) is 0 Å². The number of nitro benzene ring substituents is 1. The smallest absolute Gasteiger partial charge is 0.322 e. The van der Waals surface area contributed by atoms with Crippen molar-refractivity contribution in [2.75, 3.05) is 14.2 Å². The highest BCUT2D eigenvalue weighted by molar-refractivity contribution is 5.98. The highest BCUT2D eigenvalue weighted by Gasteiger charge is 2.25. The topological polar surface area (TPSA) is 98.3 Å². The van der Waals surface area contributed by atoms with Crippen LogP contribution >= 0.6 is 0 Å². The zero-order chi connectivity index (χ0) is 14.0. The Kier molecular flexibility index (Phi) is 3.16. The summed E-state index contributed by atoms with van der Waals surface area (Å²) in [7, 11) is 2.69. The summed E-state index contributed by atoms with van der Waals surface area (Å²) < 4.78 is 10.1. The van der Waals surface area contributed by atoms with Crippen molar-refractivity contribution in [3.05, 3.63) is 34.1 Å². The third kappa shape index (κ3) is 1.89. The number of rotatable bonds is 3. The number of hydrogen-bond donors (Lipinski definition) is 0. The van der Waals surface area contributed by atoms with E-state index in [2.05, 4.69) is 4.98 Å². The van der Waals surface area contributed by atoms with Crippen LogP contribution in [0.15, 0.2) is 18.3 Å². The van der Waals surface area contributed by atoms with Gasteiger partial charge in [0.1, 0.15) is 11.8 Å². The molecule has 96 valence electrons. The van der Waals surface area contributed by atoms with E-state index in [-0.39, 0.29) is 28.3 Å². The van der Waals surface area contributed by atoms with Gasteiger partial charge in [-0.25, -0.2) is 4.98 Å². The first-order valence-electron chi connectivity index (χ1n) is 5.22. The third-order valence-corrected chi connectivity index (χ3v) is 2.67. The summed E-state index contributed by atoms with van der Waals surface area (Å²) in [5, 5.41) is 20.9. The lowest BCUT2D eigenvalue weighted by atomic mass is 10.1. The molecule has 0 aliphatic rings. The van der Waals surface area contributed by atoms with Crippen LogP contribution in [-0.2, 0) is 0 Å². The average Bonchev–Trinajstić information content (AvgIpc) is 2.43. The van der Waals surface area contributed by atoms with E-state index >= 15 is 0 Å². The Labute approximate surface area is 108 Å². The summed E-state index contributed by atoms with van der Waals surface area (Å²) in [6.45, 7) is 0. The predicted molar refractivity (Wildman–Crippen MR) is 66.2 cm³/mol. The zero-order valence-electron chi connectivity index (χ0n) is 10.2. The van der Waals surface area contributed by atoms with E-state index in [9.17, 15) is 10.1 Å². The van der Waals surface area contributed by atoms with E-state index in [1.165, 1.54) is 32.5 Å². The van der Waals surface area contributed by atoms with E-state index < -0.39 is 4.92 Å². The lowest BCUT2D eigenvalue weighted by molar-refractivity contribution is -0.384. The van der Waals surface area contributed by atoms with Crippen LogP contribution in [0.3, 0.4) is 0 Å². The van der Waals surface area contributed by atoms with E-state index in [4.69, 9.17) is 14.7 Å². The maximum Gasteiger partial charge on any atom is 0.322 e. The first kappa shape index (κ1) is 12.6. The summed E-state index contributed by atoms with van der Waals surface area (Å²) in [5.41, 5.74) is -0.141. The average molecular weight is 259 g/mol. The van der Waals surface area contributed by atoms with Gasteiger partial charge in [0.05, 0.1) is 24.5 Å². The molecule has 0 aliphatic carbocycles. The monoisotopic (exact) mass is 259 g/mol. The molecule has 1 aromatic heterocycles. The molecule has 0 atom stereocenters. The molecule has 2 rings (SSSR count). The first-order chi connectivity index (χ1) is 9.13. The van der Waals surface area contributed by atoms with Crippen LogP contribution in [-0.4, -0.2) is 24.1 Å². The second kappa shape index (κ2) is 4.78. The van der Waals surface area contributed by atoms with Crippen molar-refractivity contribution in [3.63, 3.8) is 0 Å². The molecule has 0 bridgehead atoms. The number of benzene rings is 1. The zero-order valence-corrected chi connectivity index (χ0v) is 10.2. The van der Waals surface area contributed by atoms with Crippen LogP contribution < -0.4 is 9.47 Å². The fourth-order valence-electron chi connectivity index (χ4n) is 1.88. The second-order valence-electron chi connectivity index (χ2n) is 3.58. The summed E-state index contributed by atoms with van der Waals surface area (Å²) >= 11 is 0. The van der Waals surface area contributed by atoms with Gasteiger partial charge in [-0.2, -0.15) is 5.26 Å². The lowest BCUT2D eigenvalue weighted by Crippen LogP contribution is -1.99. The second-order valence-corrected chi connectivity index (χ2v) is 3.58. The Morgan fingerprint density at radius 3 is 2.63 bits per heavy atom. The van der Waals surface area contributed by atoms with E-state index in [0.717, 1.165) is 0 Å². The number of pyridine rings is 1. The van der Waals surface area contributed by atoms with Crippen LogP contribution in [0.2, 0.25) is 0 Å². The Morgan fingerprint density at radius 1 is 1.37 bits per heavy atom. The number of nitro groups is 1. The minimum atomic E-state index is -0.565. The number of fused-ring (bicyclic) bond motifs is 1. The minimum Gasteiger partial charge on any atom is -0.493 e. The molecule has 0 saturated carbocycles. The van der Waals surface area contributed by atoms with Crippen molar-refractivity contribution in [1.82, 2.24) is 4.98 Å². The standard InChI is InChI=1S/C12H9N3O4/c1-18-10-5-8-7(3-4-14-9(8)6-13)11(15(16)17)12(10)19-2/h3-5H,1-2H3. The molecule has 0 radical (unpaired) electrons. The maximum absolute atomic E-state index is 11.2. The molecule has 1 aromatic carbocycles. The fourth-order valence-corrected chi connectivity index (χ4v) is 1.88. The van der Waals surface area contributed by atoms with Gasteiger partial charge in [0, 0.05) is 11.6 Å². The molecule has 0 aliphatic heterocycles. The van der Waals surface area contributed by atoms with Gasteiger partial charge in [0.15, 0.2) is 5.75 Å². The molecule has 0 unspecified atom stereocenters. The molecule has 19 heavy (non-hydrogen) atoms. The highest BCUT2D eigenvalue weighted by Crippen LogP contribution is 2.43. The van der Waals surface area contributed by atoms with Gasteiger partial charge in [-0.1, -0.05) is 0 Å². The van der Waals surface area contributed by atoms with Gasteiger partial charge in [0.2, 0.25) is 5.75 Å². The first-order valence-corrected chi connectivity index (χ1v) is 5.22. The molecular formula is C12H9N3O4. The van der Waals surface area contributed by atoms with Crippen LogP contribution in [0.25, 0.3) is 10.8 Å². The van der Waals surface area contributed by atoms with Gasteiger partial charge in [-0.05, 0) is 12.1 Å². The van der Waals surface area contributed by atoms with Gasteiger partial charge in [-0.15, -0.1) is 0 Å². The highest BCUT2D eigenvalue weighted by atomic mass is 16.6. The number of nitriles is 1. The van der Waals surface area contributed by atoms with Gasteiger partial charge < -0.3 is 9.47 Å². The fraction of sp³-hybridized carbons (Fsp3) is 0.167. The van der Waals surface area contributed by atoms with E-state index in [0.29, 0.717) is 5.39 Å². The SMILES string of the molecule is COc1cc2c(C#N)nccc2c([N+](=O)[O-])c1OC. The third-order valence-electron chi connectivity index (χ3n) is 2.67. The Bertz CT molecular complexity index is 706. The van der Waals surface area contributed by atoms with Crippen LogP contribution in [0.4, 0.5) is 5.69 Å². The molecule has 7 heteroatoms. The van der Waals surface area contributed by atoms with E-state index in [1.54, 1.807) is 0 Å². The molecule has 0 fully saturated rings. The Morgan fingerprint density at radius 2 is 2.11 bits per heavy atom. The number of nitrogens with zero attached hydrogens (tertiary/aromatic N) is 3. The normalized spacial score (nSPS) is 9.95. The van der Waals surface area contributed by atoms with Crippen LogP contribution in [0.5, 0.6) is 11.5 Å². The summed E-state index contributed by atoms with van der Waals surface area (Å²) in [6, 6.07) is 4.87. The number of methoxy groups -OCH3 is 2. The number of hydrogen-bond acceptors (Lipinski definition) is 6.